The molecule has 5 nitrogen and oxygen atoms in total. The lowest BCUT2D eigenvalue weighted by atomic mass is 10.00. The molecule has 0 spiro atoms. The Hall–Kier alpha value is -2.92. The minimum Gasteiger partial charge on any atom is -0.399 e. The molecule has 0 saturated carbocycles. The summed E-state index contributed by atoms with van der Waals surface area (Å²) in [6.07, 6.45) is 2.76. The van der Waals surface area contributed by atoms with Gasteiger partial charge in [-0.2, -0.15) is 0 Å². The van der Waals surface area contributed by atoms with Crippen LogP contribution >= 0.6 is 0 Å². The zero-order chi connectivity index (χ0) is 16.5. The van der Waals surface area contributed by atoms with Crippen molar-refractivity contribution in [3.05, 3.63) is 71.9 Å². The summed E-state index contributed by atoms with van der Waals surface area (Å²) in [6, 6.07) is 17.4. The quantitative estimate of drug-likeness (QED) is 0.369. The highest BCUT2D eigenvalue weighted by Crippen LogP contribution is 2.20. The second kappa shape index (κ2) is 8.51. The van der Waals surface area contributed by atoms with Crippen LogP contribution in [-0.4, -0.2) is 26.2 Å². The Kier molecular flexibility index (Phi) is 6.08. The van der Waals surface area contributed by atoms with Crippen molar-refractivity contribution in [2.45, 2.75) is 0 Å². The predicted octanol–water partition coefficient (Wildman–Crippen LogP) is 3.20. The second-order valence-corrected chi connectivity index (χ2v) is 4.61. The Labute approximate surface area is 135 Å². The van der Waals surface area contributed by atoms with Crippen molar-refractivity contribution < 1.29 is 14.5 Å². The van der Waals surface area contributed by atoms with Crippen molar-refractivity contribution in [2.24, 2.45) is 5.16 Å². The van der Waals surface area contributed by atoms with E-state index in [0.717, 1.165) is 11.1 Å². The Balaban J connectivity index is 2.23. The maximum Gasteiger partial charge on any atom is 0.196 e. The molecule has 0 bridgehead atoms. The second-order valence-electron chi connectivity index (χ2n) is 4.61. The lowest BCUT2D eigenvalue weighted by Gasteiger charge is -2.05. The van der Waals surface area contributed by atoms with Gasteiger partial charge in [0, 0.05) is 11.8 Å². The zero-order valence-electron chi connectivity index (χ0n) is 13.0. The van der Waals surface area contributed by atoms with Gasteiger partial charge in [-0.25, -0.2) is 0 Å². The van der Waals surface area contributed by atoms with E-state index in [1.807, 2.05) is 42.5 Å². The van der Waals surface area contributed by atoms with Crippen LogP contribution < -0.4 is 5.48 Å². The third-order valence-electron chi connectivity index (χ3n) is 3.15. The number of carbonyl (C=O) groups is 1. The fourth-order valence-electron chi connectivity index (χ4n) is 2.00. The van der Waals surface area contributed by atoms with Gasteiger partial charge in [0.15, 0.2) is 5.78 Å². The van der Waals surface area contributed by atoms with Gasteiger partial charge in [-0.3, -0.25) is 15.1 Å². The van der Waals surface area contributed by atoms with E-state index in [1.165, 1.54) is 26.6 Å². The minimum atomic E-state index is -0.185. The molecule has 0 heterocycles. The van der Waals surface area contributed by atoms with Crippen LogP contribution in [0.4, 0.5) is 0 Å². The summed E-state index contributed by atoms with van der Waals surface area (Å²) in [5, 5.41) is 3.63. The van der Waals surface area contributed by atoms with Crippen molar-refractivity contribution in [2.75, 3.05) is 14.2 Å². The molecule has 0 saturated heterocycles. The lowest BCUT2D eigenvalue weighted by Crippen LogP contribution is -2.11. The number of nitrogens with one attached hydrogen (secondary N) is 1. The Morgan fingerprint density at radius 3 is 2.26 bits per heavy atom. The Morgan fingerprint density at radius 2 is 1.65 bits per heavy atom. The van der Waals surface area contributed by atoms with E-state index in [9.17, 15) is 4.79 Å². The van der Waals surface area contributed by atoms with Crippen molar-refractivity contribution in [3.8, 4) is 11.1 Å². The maximum atomic E-state index is 12.5. The zero-order valence-corrected chi connectivity index (χ0v) is 13.0. The highest BCUT2D eigenvalue weighted by molar-refractivity contribution is 6.21. The first-order chi connectivity index (χ1) is 11.3. The Morgan fingerprint density at radius 1 is 1.00 bits per heavy atom. The van der Waals surface area contributed by atoms with E-state index in [1.54, 1.807) is 12.1 Å². The lowest BCUT2D eigenvalue weighted by molar-refractivity contribution is 0.102. The van der Waals surface area contributed by atoms with Gasteiger partial charge in [-0.05, 0) is 11.1 Å². The van der Waals surface area contributed by atoms with Crippen LogP contribution in [0.1, 0.15) is 10.4 Å². The number of Topliss-reactive ketones (excluding diaryl/α,β-unsaturated/α-hetero) is 1. The van der Waals surface area contributed by atoms with Crippen LogP contribution in [0.15, 0.2) is 71.5 Å². The molecule has 0 unspecified atom stereocenters. The molecule has 0 aromatic heterocycles. The van der Waals surface area contributed by atoms with Crippen molar-refractivity contribution in [1.29, 1.82) is 0 Å². The summed E-state index contributed by atoms with van der Waals surface area (Å²) in [5.41, 5.74) is 5.54. The van der Waals surface area contributed by atoms with Gasteiger partial charge in [0.25, 0.3) is 0 Å². The van der Waals surface area contributed by atoms with Crippen LogP contribution in [0, 0.1) is 0 Å². The number of allylic oxidation sites excluding steroid dienone is 1. The van der Waals surface area contributed by atoms with Crippen LogP contribution in [0.2, 0.25) is 0 Å². The normalized spacial score (nSPS) is 11.5. The van der Waals surface area contributed by atoms with E-state index in [0.29, 0.717) is 11.1 Å². The van der Waals surface area contributed by atoms with Gasteiger partial charge in [0.1, 0.15) is 7.11 Å². The number of hydroxylamine groups is 1. The van der Waals surface area contributed by atoms with Gasteiger partial charge >= 0.3 is 0 Å². The topological polar surface area (TPSA) is 59.9 Å². The highest BCUT2D eigenvalue weighted by Gasteiger charge is 2.11. The van der Waals surface area contributed by atoms with Crippen LogP contribution in [0.25, 0.3) is 11.1 Å². The summed E-state index contributed by atoms with van der Waals surface area (Å²) < 4.78 is 0. The smallest absolute Gasteiger partial charge is 0.196 e. The highest BCUT2D eigenvalue weighted by atomic mass is 16.6. The molecule has 0 aliphatic rings. The monoisotopic (exact) mass is 310 g/mol. The fraction of sp³-hybridized carbons (Fsp3) is 0.111. The van der Waals surface area contributed by atoms with E-state index in [-0.39, 0.29) is 5.78 Å². The first-order valence-electron chi connectivity index (χ1n) is 7.01. The largest absolute Gasteiger partial charge is 0.399 e. The molecular formula is C18H18N2O3. The molecule has 1 N–H and O–H groups in total. The van der Waals surface area contributed by atoms with Crippen molar-refractivity contribution in [1.82, 2.24) is 5.48 Å². The van der Waals surface area contributed by atoms with Crippen molar-refractivity contribution in [3.63, 3.8) is 0 Å². The minimum absolute atomic E-state index is 0.185. The molecule has 0 aliphatic heterocycles. The molecule has 2 aromatic carbocycles. The molecule has 0 atom stereocenters. The standard InChI is InChI=1S/C18H18N2O3/c1-22-19-12-17(13-20-23-2)18(21)16-10-8-15(9-11-16)14-6-4-3-5-7-14/h3-13,19H,1-2H3/b17-12+,20-13-. The predicted molar refractivity (Wildman–Crippen MR) is 89.9 cm³/mol. The number of hydrogen-bond acceptors (Lipinski definition) is 5. The first kappa shape index (κ1) is 16.5. The molecule has 0 fully saturated rings. The average Bonchev–Trinajstić information content (AvgIpc) is 2.62. The SMILES string of the molecule is CO/N=C\C(=C/NOC)C(=O)c1ccc(-c2ccccc2)cc1. The average molecular weight is 310 g/mol. The number of carbonyl (C=O) groups excluding carboxylic acids is 1. The maximum absolute atomic E-state index is 12.5. The fourth-order valence-corrected chi connectivity index (χ4v) is 2.00. The van der Waals surface area contributed by atoms with Crippen LogP contribution in [0.5, 0.6) is 0 Å². The number of benzene rings is 2. The van der Waals surface area contributed by atoms with E-state index < -0.39 is 0 Å². The summed E-state index contributed by atoms with van der Waals surface area (Å²) >= 11 is 0. The Bertz CT molecular complexity index is 692. The molecule has 0 radical (unpaired) electrons. The molecule has 0 amide bonds. The first-order valence-corrected chi connectivity index (χ1v) is 7.01. The summed E-state index contributed by atoms with van der Waals surface area (Å²) in [7, 11) is 2.87. The molecule has 23 heavy (non-hydrogen) atoms. The van der Waals surface area contributed by atoms with Gasteiger partial charge in [0.2, 0.25) is 0 Å². The van der Waals surface area contributed by atoms with Gasteiger partial charge in [-0.15, -0.1) is 0 Å². The van der Waals surface area contributed by atoms with E-state index >= 15 is 0 Å². The number of oxime groups is 1. The third kappa shape index (κ3) is 4.52. The van der Waals surface area contributed by atoms with Gasteiger partial charge in [-0.1, -0.05) is 59.8 Å². The summed E-state index contributed by atoms with van der Waals surface area (Å²) in [4.78, 5) is 21.9. The number of nitrogens with zero attached hydrogens (tertiary/aromatic N) is 1. The van der Waals surface area contributed by atoms with Gasteiger partial charge in [0.05, 0.1) is 18.9 Å². The molecular weight excluding hydrogens is 292 g/mol. The molecule has 118 valence electrons. The summed E-state index contributed by atoms with van der Waals surface area (Å²) in [6.45, 7) is 0. The number of hydrogen-bond donors (Lipinski definition) is 1. The van der Waals surface area contributed by atoms with Crippen molar-refractivity contribution >= 4 is 12.0 Å². The third-order valence-corrected chi connectivity index (χ3v) is 3.15. The molecule has 5 heteroatoms. The number of rotatable bonds is 7. The molecule has 2 rings (SSSR count). The molecule has 2 aromatic rings. The number of ketones is 1. The van der Waals surface area contributed by atoms with E-state index in [2.05, 4.69) is 15.5 Å². The molecule has 0 aliphatic carbocycles. The summed E-state index contributed by atoms with van der Waals surface area (Å²) in [5.74, 6) is -0.185. The van der Waals surface area contributed by atoms with Crippen LogP contribution in [-0.2, 0) is 9.68 Å². The van der Waals surface area contributed by atoms with Crippen LogP contribution in [0.3, 0.4) is 0 Å². The van der Waals surface area contributed by atoms with Gasteiger partial charge < -0.3 is 4.84 Å². The van der Waals surface area contributed by atoms with E-state index in [4.69, 9.17) is 4.84 Å².